The van der Waals surface area contributed by atoms with Gasteiger partial charge in [-0.15, -0.1) is 0 Å². The largest absolute Gasteiger partial charge is 0.497 e. The zero-order valence-electron chi connectivity index (χ0n) is 13.3. The second-order valence-corrected chi connectivity index (χ2v) is 5.42. The molecule has 3 N–H and O–H groups in total. The summed E-state index contributed by atoms with van der Waals surface area (Å²) in [6.07, 6.45) is -0.0910. The maximum atomic E-state index is 11.4. The third-order valence-electron chi connectivity index (χ3n) is 3.10. The molecule has 0 aliphatic heterocycles. The fourth-order valence-electron chi connectivity index (χ4n) is 1.91. The van der Waals surface area contributed by atoms with Gasteiger partial charge >= 0.3 is 0 Å². The molecule has 1 amide bonds. The summed E-state index contributed by atoms with van der Waals surface area (Å²) in [6, 6.07) is 5.61. The van der Waals surface area contributed by atoms with Crippen LogP contribution >= 0.6 is 0 Å². The summed E-state index contributed by atoms with van der Waals surface area (Å²) in [4.78, 5) is 11.4. The van der Waals surface area contributed by atoms with Crippen molar-refractivity contribution in [3.63, 3.8) is 0 Å². The molecular weight excluding hydrogens is 268 g/mol. The quantitative estimate of drug-likeness (QED) is 0.731. The molecule has 1 atom stereocenters. The summed E-state index contributed by atoms with van der Waals surface area (Å²) in [6.45, 7) is 7.76. The van der Waals surface area contributed by atoms with Gasteiger partial charge in [0.1, 0.15) is 11.5 Å². The molecule has 0 aliphatic carbocycles. The van der Waals surface area contributed by atoms with E-state index in [-0.39, 0.29) is 0 Å². The first-order chi connectivity index (χ1) is 9.97. The normalized spacial score (nSPS) is 12.2. The first kappa shape index (κ1) is 17.3. The number of benzene rings is 1. The van der Waals surface area contributed by atoms with Gasteiger partial charge in [0.2, 0.25) is 0 Å². The summed E-state index contributed by atoms with van der Waals surface area (Å²) in [7, 11) is 1.60. The van der Waals surface area contributed by atoms with Crippen LogP contribution in [0.4, 0.5) is 0 Å². The van der Waals surface area contributed by atoms with Crippen LogP contribution < -0.4 is 20.5 Å². The van der Waals surface area contributed by atoms with E-state index in [0.717, 1.165) is 12.1 Å². The number of hydrogen-bond acceptors (Lipinski definition) is 4. The van der Waals surface area contributed by atoms with Gasteiger partial charge in [0.25, 0.3) is 5.91 Å². The summed E-state index contributed by atoms with van der Waals surface area (Å²) in [5, 5.41) is 3.36. The molecule has 0 fully saturated rings. The molecule has 5 heteroatoms. The van der Waals surface area contributed by atoms with Crippen LogP contribution in [0.5, 0.6) is 11.5 Å². The molecule has 0 saturated heterocycles. The highest BCUT2D eigenvalue weighted by molar-refractivity contribution is 5.79. The summed E-state index contributed by atoms with van der Waals surface area (Å²) in [5.74, 6) is 1.44. The Hall–Kier alpha value is -1.75. The maximum absolute atomic E-state index is 11.4. The monoisotopic (exact) mass is 294 g/mol. The van der Waals surface area contributed by atoms with E-state index in [1.807, 2.05) is 19.1 Å². The minimum absolute atomic E-state index is 0.457. The summed E-state index contributed by atoms with van der Waals surface area (Å²) >= 11 is 0. The van der Waals surface area contributed by atoms with Crippen LogP contribution in [0.15, 0.2) is 18.2 Å². The number of amides is 1. The van der Waals surface area contributed by atoms with Crippen molar-refractivity contribution in [2.75, 3.05) is 13.7 Å². The van der Waals surface area contributed by atoms with Crippen molar-refractivity contribution in [1.29, 1.82) is 0 Å². The van der Waals surface area contributed by atoms with Gasteiger partial charge in [-0.25, -0.2) is 0 Å². The molecule has 1 unspecified atom stereocenters. The molecule has 1 aromatic rings. The molecule has 0 radical (unpaired) electrons. The lowest BCUT2D eigenvalue weighted by Gasteiger charge is -2.18. The van der Waals surface area contributed by atoms with Crippen molar-refractivity contribution in [3.8, 4) is 11.5 Å². The second kappa shape index (κ2) is 8.52. The first-order valence-corrected chi connectivity index (χ1v) is 7.31. The fourth-order valence-corrected chi connectivity index (χ4v) is 1.91. The maximum Gasteiger partial charge on any atom is 0.258 e. The Morgan fingerprint density at radius 1 is 1.38 bits per heavy atom. The second-order valence-electron chi connectivity index (χ2n) is 5.42. The zero-order valence-corrected chi connectivity index (χ0v) is 13.3. The third kappa shape index (κ3) is 5.63. The standard InChI is InChI=1S/C16H26N2O3/c1-5-14(16(17)19)21-15-8-13(20-4)7-6-12(15)10-18-9-11(2)3/h6-8,11,14,18H,5,9-10H2,1-4H3,(H2,17,19). The highest BCUT2D eigenvalue weighted by atomic mass is 16.5. The molecule has 5 nitrogen and oxygen atoms in total. The van der Waals surface area contributed by atoms with E-state index in [1.165, 1.54) is 0 Å². The smallest absolute Gasteiger partial charge is 0.258 e. The summed E-state index contributed by atoms with van der Waals surface area (Å²) < 4.78 is 11.0. The predicted molar refractivity (Wildman–Crippen MR) is 83.4 cm³/mol. The topological polar surface area (TPSA) is 73.6 Å². The Morgan fingerprint density at radius 3 is 2.62 bits per heavy atom. The molecule has 0 aliphatic rings. The molecule has 0 spiro atoms. The van der Waals surface area contributed by atoms with Crippen molar-refractivity contribution in [2.24, 2.45) is 11.7 Å². The highest BCUT2D eigenvalue weighted by Gasteiger charge is 2.17. The van der Waals surface area contributed by atoms with Crippen molar-refractivity contribution in [3.05, 3.63) is 23.8 Å². The molecule has 0 aromatic heterocycles. The lowest BCUT2D eigenvalue weighted by molar-refractivity contribution is -0.124. The van der Waals surface area contributed by atoms with Gasteiger partial charge in [-0.2, -0.15) is 0 Å². The Labute approximate surface area is 126 Å². The van der Waals surface area contributed by atoms with Crippen molar-refractivity contribution >= 4 is 5.91 Å². The highest BCUT2D eigenvalue weighted by Crippen LogP contribution is 2.26. The number of nitrogens with one attached hydrogen (secondary N) is 1. The molecule has 1 rings (SSSR count). The van der Waals surface area contributed by atoms with E-state index >= 15 is 0 Å². The number of primary amides is 1. The van der Waals surface area contributed by atoms with Crippen LogP contribution in [0.1, 0.15) is 32.8 Å². The van der Waals surface area contributed by atoms with Gasteiger partial charge in [-0.3, -0.25) is 4.79 Å². The molecular formula is C16H26N2O3. The van der Waals surface area contributed by atoms with E-state index in [2.05, 4.69) is 19.2 Å². The van der Waals surface area contributed by atoms with Gasteiger partial charge in [0, 0.05) is 18.2 Å². The van der Waals surface area contributed by atoms with Crippen LogP contribution in [-0.4, -0.2) is 25.7 Å². The lowest BCUT2D eigenvalue weighted by Crippen LogP contribution is -2.33. The van der Waals surface area contributed by atoms with E-state index in [4.69, 9.17) is 15.2 Å². The number of ether oxygens (including phenoxy) is 2. The molecule has 118 valence electrons. The van der Waals surface area contributed by atoms with Crippen LogP contribution in [0.25, 0.3) is 0 Å². The van der Waals surface area contributed by atoms with Crippen molar-refractivity contribution < 1.29 is 14.3 Å². The molecule has 1 aromatic carbocycles. The van der Waals surface area contributed by atoms with Crippen LogP contribution in [-0.2, 0) is 11.3 Å². The van der Waals surface area contributed by atoms with E-state index < -0.39 is 12.0 Å². The Kier molecular flexibility index (Phi) is 7.02. The van der Waals surface area contributed by atoms with Gasteiger partial charge < -0.3 is 20.5 Å². The van der Waals surface area contributed by atoms with Crippen molar-refractivity contribution in [1.82, 2.24) is 5.32 Å². The van der Waals surface area contributed by atoms with Gasteiger partial charge in [0.15, 0.2) is 6.10 Å². The Balaban J connectivity index is 2.88. The van der Waals surface area contributed by atoms with Gasteiger partial charge in [-0.1, -0.05) is 26.8 Å². The molecule has 0 heterocycles. The Bertz CT molecular complexity index is 461. The molecule has 21 heavy (non-hydrogen) atoms. The number of nitrogens with two attached hydrogens (primary N) is 1. The van der Waals surface area contributed by atoms with Crippen LogP contribution in [0.2, 0.25) is 0 Å². The molecule has 0 bridgehead atoms. The number of rotatable bonds is 9. The summed E-state index contributed by atoms with van der Waals surface area (Å²) in [5.41, 5.74) is 6.33. The average molecular weight is 294 g/mol. The number of carbonyl (C=O) groups is 1. The SMILES string of the molecule is CCC(Oc1cc(OC)ccc1CNCC(C)C)C(N)=O. The van der Waals surface area contributed by atoms with Crippen molar-refractivity contribution in [2.45, 2.75) is 39.8 Å². The number of methoxy groups -OCH3 is 1. The third-order valence-corrected chi connectivity index (χ3v) is 3.10. The number of hydrogen-bond donors (Lipinski definition) is 2. The van der Waals surface area contributed by atoms with Crippen LogP contribution in [0.3, 0.4) is 0 Å². The number of carbonyl (C=O) groups excluding carboxylic acids is 1. The van der Waals surface area contributed by atoms with Gasteiger partial charge in [-0.05, 0) is 24.9 Å². The minimum atomic E-state index is -0.624. The molecule has 0 saturated carbocycles. The van der Waals surface area contributed by atoms with E-state index in [9.17, 15) is 4.79 Å². The minimum Gasteiger partial charge on any atom is -0.497 e. The first-order valence-electron chi connectivity index (χ1n) is 7.31. The zero-order chi connectivity index (χ0) is 15.8. The van der Waals surface area contributed by atoms with Crippen LogP contribution in [0, 0.1) is 5.92 Å². The fraction of sp³-hybridized carbons (Fsp3) is 0.562. The average Bonchev–Trinajstić information content (AvgIpc) is 2.45. The Morgan fingerprint density at radius 2 is 2.10 bits per heavy atom. The lowest BCUT2D eigenvalue weighted by atomic mass is 10.1. The van der Waals surface area contributed by atoms with Gasteiger partial charge in [0.05, 0.1) is 7.11 Å². The van der Waals surface area contributed by atoms with E-state index in [0.29, 0.717) is 30.4 Å². The van der Waals surface area contributed by atoms with E-state index in [1.54, 1.807) is 13.2 Å². The predicted octanol–water partition coefficient (Wildman–Crippen LogP) is 2.08.